The van der Waals surface area contributed by atoms with E-state index in [1.54, 1.807) is 4.90 Å². The van der Waals surface area contributed by atoms with Crippen LogP contribution in [0.3, 0.4) is 0 Å². The molecule has 0 aliphatic carbocycles. The van der Waals surface area contributed by atoms with Gasteiger partial charge in [-0.1, -0.05) is 18.2 Å². The fourth-order valence-corrected chi connectivity index (χ4v) is 3.26. The van der Waals surface area contributed by atoms with Crippen LogP contribution in [0.2, 0.25) is 0 Å². The van der Waals surface area contributed by atoms with Gasteiger partial charge in [0.15, 0.2) is 10.8 Å². The summed E-state index contributed by atoms with van der Waals surface area (Å²) in [6.07, 6.45) is 0. The molecule has 3 rings (SSSR count). The predicted octanol–water partition coefficient (Wildman–Crippen LogP) is 1.45. The second-order valence-corrected chi connectivity index (χ2v) is 5.57. The number of hydrogen-bond donors (Lipinski definition) is 1. The predicted molar refractivity (Wildman–Crippen MR) is 77.2 cm³/mol. The molecule has 0 amide bonds. The lowest BCUT2D eigenvalue weighted by Crippen LogP contribution is -2.70. The number of thiocarbonyl (C=S) groups is 1. The average molecular weight is 292 g/mol. The highest BCUT2D eigenvalue weighted by Gasteiger charge is 2.58. The summed E-state index contributed by atoms with van der Waals surface area (Å²) < 4.78 is 11.1. The van der Waals surface area contributed by atoms with E-state index in [9.17, 15) is 4.79 Å². The molecule has 5 nitrogen and oxygen atoms in total. The van der Waals surface area contributed by atoms with Crippen molar-refractivity contribution in [1.29, 1.82) is 0 Å². The van der Waals surface area contributed by atoms with E-state index >= 15 is 0 Å². The van der Waals surface area contributed by atoms with E-state index in [1.807, 2.05) is 38.2 Å². The molecule has 0 saturated carbocycles. The Kier molecular flexibility index (Phi) is 2.86. The molecule has 1 N–H and O–H groups in total. The van der Waals surface area contributed by atoms with Crippen molar-refractivity contribution in [3.63, 3.8) is 0 Å². The van der Waals surface area contributed by atoms with Gasteiger partial charge in [-0.3, -0.25) is 4.79 Å². The first-order chi connectivity index (χ1) is 9.49. The van der Waals surface area contributed by atoms with Crippen LogP contribution in [0, 0.1) is 5.92 Å². The third-order valence-corrected chi connectivity index (χ3v) is 4.58. The first-order valence-electron chi connectivity index (χ1n) is 6.39. The largest absolute Gasteiger partial charge is 0.469 e. The van der Waals surface area contributed by atoms with Crippen molar-refractivity contribution in [1.82, 2.24) is 10.2 Å². The molecule has 2 aliphatic heterocycles. The quantitative estimate of drug-likeness (QED) is 0.624. The minimum Gasteiger partial charge on any atom is -0.469 e. The van der Waals surface area contributed by atoms with E-state index in [-0.39, 0.29) is 12.0 Å². The molecule has 1 fully saturated rings. The second-order valence-electron chi connectivity index (χ2n) is 5.18. The number of esters is 1. The molecular weight excluding hydrogens is 276 g/mol. The number of nitrogens with one attached hydrogen (secondary N) is 1. The summed E-state index contributed by atoms with van der Waals surface area (Å²) in [5.74, 6) is -0.0324. The number of ether oxygens (including phenoxy) is 2. The van der Waals surface area contributed by atoms with Crippen LogP contribution in [-0.2, 0) is 9.53 Å². The number of carbonyl (C=O) groups is 1. The summed E-state index contributed by atoms with van der Waals surface area (Å²) in [7, 11) is 3.20. The molecule has 6 heteroatoms. The molecule has 2 bridgehead atoms. The van der Waals surface area contributed by atoms with Gasteiger partial charge in [0.2, 0.25) is 0 Å². The number of para-hydroxylation sites is 1. The van der Waals surface area contributed by atoms with Gasteiger partial charge < -0.3 is 19.7 Å². The summed E-state index contributed by atoms with van der Waals surface area (Å²) in [5, 5.41) is 3.78. The van der Waals surface area contributed by atoms with Gasteiger partial charge in [0.05, 0.1) is 13.2 Å². The minimum absolute atomic E-state index is 0.235. The highest BCUT2D eigenvalue weighted by molar-refractivity contribution is 7.80. The van der Waals surface area contributed by atoms with Crippen LogP contribution in [0.5, 0.6) is 5.75 Å². The Morgan fingerprint density at radius 1 is 1.50 bits per heavy atom. The van der Waals surface area contributed by atoms with Gasteiger partial charge in [-0.15, -0.1) is 0 Å². The Bertz CT molecular complexity index is 592. The molecule has 3 atom stereocenters. The maximum atomic E-state index is 12.2. The van der Waals surface area contributed by atoms with Gasteiger partial charge in [-0.25, -0.2) is 0 Å². The van der Waals surface area contributed by atoms with E-state index in [1.165, 1.54) is 7.11 Å². The van der Waals surface area contributed by atoms with E-state index in [0.29, 0.717) is 5.11 Å². The third-order valence-electron chi connectivity index (χ3n) is 4.19. The van der Waals surface area contributed by atoms with E-state index in [2.05, 4.69) is 5.32 Å². The van der Waals surface area contributed by atoms with E-state index in [0.717, 1.165) is 11.3 Å². The Morgan fingerprint density at radius 2 is 2.20 bits per heavy atom. The molecule has 20 heavy (non-hydrogen) atoms. The molecule has 1 aromatic rings. The van der Waals surface area contributed by atoms with Crippen molar-refractivity contribution in [3.05, 3.63) is 29.8 Å². The van der Waals surface area contributed by atoms with Crippen LogP contribution in [0.4, 0.5) is 0 Å². The smallest absolute Gasteiger partial charge is 0.317 e. The highest BCUT2D eigenvalue weighted by atomic mass is 32.1. The van der Waals surface area contributed by atoms with Gasteiger partial charge in [0.1, 0.15) is 11.7 Å². The normalized spacial score (nSPS) is 30.9. The first kappa shape index (κ1) is 13.2. The van der Waals surface area contributed by atoms with Crippen LogP contribution in [-0.4, -0.2) is 35.9 Å². The number of fused-ring (bicyclic) bond motifs is 4. The maximum absolute atomic E-state index is 12.2. The number of nitrogens with zero attached hydrogens (tertiary/aromatic N) is 1. The lowest BCUT2D eigenvalue weighted by molar-refractivity contribution is -0.170. The van der Waals surface area contributed by atoms with Crippen molar-refractivity contribution in [3.8, 4) is 5.75 Å². The molecule has 2 aliphatic rings. The van der Waals surface area contributed by atoms with Gasteiger partial charge in [0.25, 0.3) is 0 Å². The summed E-state index contributed by atoms with van der Waals surface area (Å²) >= 11 is 5.34. The Labute approximate surface area is 122 Å². The highest BCUT2D eigenvalue weighted by Crippen LogP contribution is 2.47. The summed E-state index contributed by atoms with van der Waals surface area (Å²) in [6, 6.07) is 7.44. The fourth-order valence-electron chi connectivity index (χ4n) is 2.96. The average Bonchev–Trinajstić information content (AvgIpc) is 2.44. The van der Waals surface area contributed by atoms with Crippen LogP contribution < -0.4 is 10.1 Å². The maximum Gasteiger partial charge on any atom is 0.317 e. The number of hydrogen-bond acceptors (Lipinski definition) is 4. The van der Waals surface area contributed by atoms with E-state index in [4.69, 9.17) is 21.7 Å². The lowest BCUT2D eigenvalue weighted by atomic mass is 9.80. The summed E-state index contributed by atoms with van der Waals surface area (Å²) in [4.78, 5) is 14.0. The van der Waals surface area contributed by atoms with Gasteiger partial charge >= 0.3 is 5.97 Å². The first-order valence-corrected chi connectivity index (χ1v) is 6.80. The Morgan fingerprint density at radius 3 is 2.90 bits per heavy atom. The second kappa shape index (κ2) is 4.34. The van der Waals surface area contributed by atoms with Crippen molar-refractivity contribution < 1.29 is 14.3 Å². The molecule has 0 aromatic heterocycles. The number of methoxy groups -OCH3 is 1. The third kappa shape index (κ3) is 1.61. The molecule has 1 saturated heterocycles. The monoisotopic (exact) mass is 292 g/mol. The molecule has 106 valence electrons. The van der Waals surface area contributed by atoms with Crippen molar-refractivity contribution >= 4 is 23.3 Å². The molecule has 0 radical (unpaired) electrons. The Hall–Kier alpha value is -1.82. The molecule has 0 unspecified atom stereocenters. The fraction of sp³-hybridized carbons (Fsp3) is 0.429. The zero-order valence-corrected chi connectivity index (χ0v) is 12.4. The zero-order chi connectivity index (χ0) is 14.5. The van der Waals surface area contributed by atoms with E-state index < -0.39 is 11.6 Å². The lowest BCUT2D eigenvalue weighted by Gasteiger charge is -2.54. The minimum atomic E-state index is -0.853. The SMILES string of the molecule is COC(=O)[C@H]1[C@@H]2NC(=S)N(C)[C@@]1(C)Oc1ccccc12. The van der Waals surface area contributed by atoms with Crippen molar-refractivity contribution in [2.45, 2.75) is 18.7 Å². The van der Waals surface area contributed by atoms with Crippen molar-refractivity contribution in [2.75, 3.05) is 14.2 Å². The van der Waals surface area contributed by atoms with Crippen molar-refractivity contribution in [2.24, 2.45) is 5.92 Å². The molecular formula is C14H16N2O3S. The van der Waals surface area contributed by atoms with Crippen LogP contribution in [0.25, 0.3) is 0 Å². The Balaban J connectivity index is 2.18. The summed E-state index contributed by atoms with van der Waals surface area (Å²) in [6.45, 7) is 1.87. The standard InChI is InChI=1S/C14H16N2O3S/c1-14-10(12(17)18-3)11(15-13(20)16(14)2)8-6-4-5-7-9(8)19-14/h4-7,10-11H,1-3H3,(H,15,20)/t10-,11-,14+/m1/s1. The molecule has 1 aromatic carbocycles. The van der Waals surface area contributed by atoms with Crippen LogP contribution in [0.15, 0.2) is 24.3 Å². The van der Waals surface area contributed by atoms with Gasteiger partial charge in [-0.2, -0.15) is 0 Å². The van der Waals surface area contributed by atoms with Crippen LogP contribution >= 0.6 is 12.2 Å². The van der Waals surface area contributed by atoms with Gasteiger partial charge in [0, 0.05) is 12.6 Å². The number of carbonyl (C=O) groups excluding carboxylic acids is 1. The molecule has 0 spiro atoms. The number of rotatable bonds is 1. The number of benzene rings is 1. The summed E-state index contributed by atoms with van der Waals surface area (Å²) in [5.41, 5.74) is 0.0740. The van der Waals surface area contributed by atoms with Gasteiger partial charge in [-0.05, 0) is 25.2 Å². The molecule has 2 heterocycles. The van der Waals surface area contributed by atoms with Crippen LogP contribution in [0.1, 0.15) is 18.5 Å². The topological polar surface area (TPSA) is 50.8 Å². The zero-order valence-electron chi connectivity index (χ0n) is 11.5.